The van der Waals surface area contributed by atoms with Gasteiger partial charge in [-0.2, -0.15) is 4.39 Å². The molecule has 0 atom stereocenters. The number of hydrogen-bond acceptors (Lipinski definition) is 4. The van der Waals surface area contributed by atoms with Crippen molar-refractivity contribution in [3.8, 4) is 0 Å². The quantitative estimate of drug-likeness (QED) is 0.448. The van der Waals surface area contributed by atoms with Gasteiger partial charge in [-0.1, -0.05) is 12.1 Å². The van der Waals surface area contributed by atoms with Crippen LogP contribution in [0.25, 0.3) is 11.0 Å². The largest absolute Gasteiger partial charge is 0.336 e. The first kappa shape index (κ1) is 31.2. The van der Waals surface area contributed by atoms with Crippen molar-refractivity contribution in [2.75, 3.05) is 20.6 Å². The Kier molecular flexibility index (Phi) is 12.0. The Hall–Kier alpha value is -1.75. The number of rotatable bonds is 7. The molecule has 0 amide bonds. The predicted molar refractivity (Wildman–Crippen MR) is 135 cm³/mol. The molecule has 3 aromatic rings. The summed E-state index contributed by atoms with van der Waals surface area (Å²) in [5.74, 6) is -1.00. The summed E-state index contributed by atoms with van der Waals surface area (Å²) < 4.78 is 55.4. The maximum atomic E-state index is 14.1. The molecule has 2 N–H and O–H groups in total. The van der Waals surface area contributed by atoms with Gasteiger partial charge in [-0.25, -0.2) is 22.1 Å². The van der Waals surface area contributed by atoms with Gasteiger partial charge in [-0.15, -0.1) is 37.2 Å². The molecule has 6 nitrogen and oxygen atoms in total. The summed E-state index contributed by atoms with van der Waals surface area (Å²) in [6.07, 6.45) is 1.70. The van der Waals surface area contributed by atoms with Crippen molar-refractivity contribution >= 4 is 58.3 Å². The Bertz CT molecular complexity index is 1210. The zero-order chi connectivity index (χ0) is 22.1. The Morgan fingerprint density at radius 1 is 1.12 bits per heavy atom. The highest BCUT2D eigenvalue weighted by Crippen LogP contribution is 2.28. The number of pyridine rings is 1. The van der Waals surface area contributed by atoms with E-state index in [1.807, 2.05) is 6.92 Å². The van der Waals surface area contributed by atoms with Crippen molar-refractivity contribution in [2.24, 2.45) is 5.73 Å². The van der Waals surface area contributed by atoms with Crippen molar-refractivity contribution < 1.29 is 17.2 Å². The Labute approximate surface area is 211 Å². The van der Waals surface area contributed by atoms with Crippen LogP contribution >= 0.6 is 37.2 Å². The minimum Gasteiger partial charge on any atom is -0.336 e. The molecule has 33 heavy (non-hydrogen) atoms. The second-order valence-electron chi connectivity index (χ2n) is 7.15. The Balaban J connectivity index is 0.00000341. The van der Waals surface area contributed by atoms with E-state index in [-0.39, 0.29) is 61.0 Å². The first-order valence-corrected chi connectivity index (χ1v) is 10.8. The second kappa shape index (κ2) is 12.6. The monoisotopic (exact) mass is 542 g/mol. The smallest absolute Gasteiger partial charge is 0.242 e. The van der Waals surface area contributed by atoms with Crippen molar-refractivity contribution in [3.63, 3.8) is 0 Å². The molecule has 0 saturated carbocycles. The molecular weight excluding hydrogens is 517 g/mol. The van der Waals surface area contributed by atoms with Crippen molar-refractivity contribution in [1.82, 2.24) is 13.9 Å². The van der Waals surface area contributed by atoms with Crippen molar-refractivity contribution in [2.45, 2.75) is 24.8 Å². The van der Waals surface area contributed by atoms with Gasteiger partial charge in [0, 0.05) is 38.3 Å². The number of nitrogens with two attached hydrogens (primary N) is 1. The van der Waals surface area contributed by atoms with E-state index in [0.29, 0.717) is 17.5 Å². The van der Waals surface area contributed by atoms with Crippen LogP contribution in [0.15, 0.2) is 53.2 Å². The SMILES string of the molecule is Cc1c(Cc2ccc(S(=O)(=O)N(C)C)cc2)c2nc(F)ccc2n1CC(F)=CCN.Cl.Cl.Cl. The van der Waals surface area contributed by atoms with Crippen LogP contribution < -0.4 is 5.73 Å². The topological polar surface area (TPSA) is 81.2 Å². The highest BCUT2D eigenvalue weighted by Gasteiger charge is 2.19. The third kappa shape index (κ3) is 6.65. The number of nitrogens with zero attached hydrogens (tertiary/aromatic N) is 3. The Morgan fingerprint density at radius 2 is 1.73 bits per heavy atom. The van der Waals surface area contributed by atoms with E-state index >= 15 is 0 Å². The van der Waals surface area contributed by atoms with Crippen LogP contribution in [0.2, 0.25) is 0 Å². The van der Waals surface area contributed by atoms with E-state index in [1.165, 1.54) is 38.4 Å². The summed E-state index contributed by atoms with van der Waals surface area (Å²) in [5.41, 5.74) is 8.82. The highest BCUT2D eigenvalue weighted by molar-refractivity contribution is 7.89. The summed E-state index contributed by atoms with van der Waals surface area (Å²) in [7, 11) is -0.576. The van der Waals surface area contributed by atoms with Crippen LogP contribution in [0.5, 0.6) is 0 Å². The average molecular weight is 544 g/mol. The third-order valence-corrected chi connectivity index (χ3v) is 6.82. The molecule has 0 radical (unpaired) electrons. The van der Waals surface area contributed by atoms with E-state index < -0.39 is 16.0 Å². The third-order valence-electron chi connectivity index (χ3n) is 4.99. The molecule has 0 unspecified atom stereocenters. The lowest BCUT2D eigenvalue weighted by atomic mass is 10.0. The van der Waals surface area contributed by atoms with Crippen LogP contribution in [-0.4, -0.2) is 42.9 Å². The van der Waals surface area contributed by atoms with Crippen LogP contribution in [0.1, 0.15) is 16.8 Å². The van der Waals surface area contributed by atoms with E-state index in [9.17, 15) is 17.2 Å². The van der Waals surface area contributed by atoms with Crippen LogP contribution in [-0.2, 0) is 23.0 Å². The van der Waals surface area contributed by atoms with Gasteiger partial charge in [0.25, 0.3) is 0 Å². The highest BCUT2D eigenvalue weighted by atomic mass is 35.5. The van der Waals surface area contributed by atoms with Crippen LogP contribution in [0.4, 0.5) is 8.78 Å². The minimum absolute atomic E-state index is 0. The molecule has 3 rings (SSSR count). The number of benzene rings is 1. The standard InChI is InChI=1S/C21H24F2N4O2S.3ClH/c1-14-18(12-15-4-6-17(7-5-15)30(28,29)26(2)3)21-19(8-9-20(23)25-21)27(14)13-16(22)10-11-24;;;/h4-10H,11-13,24H2,1-3H3;3*1H. The molecule has 184 valence electrons. The van der Waals surface area contributed by atoms with Gasteiger partial charge in [0.1, 0.15) is 5.83 Å². The molecule has 12 heteroatoms. The molecule has 1 aromatic carbocycles. The number of halogens is 5. The van der Waals surface area contributed by atoms with Crippen LogP contribution in [0.3, 0.4) is 0 Å². The van der Waals surface area contributed by atoms with Gasteiger partial charge in [0.15, 0.2) is 0 Å². The van der Waals surface area contributed by atoms with Crippen molar-refractivity contribution in [1.29, 1.82) is 0 Å². The number of fused-ring (bicyclic) bond motifs is 1. The van der Waals surface area contributed by atoms with Gasteiger partial charge in [-0.05, 0) is 42.8 Å². The van der Waals surface area contributed by atoms with Gasteiger partial charge in [0.2, 0.25) is 16.0 Å². The predicted octanol–water partition coefficient (Wildman–Crippen LogP) is 4.40. The summed E-state index contributed by atoms with van der Waals surface area (Å²) in [6, 6.07) is 9.33. The molecule has 0 fully saturated rings. The number of aromatic nitrogens is 2. The normalized spacial score (nSPS) is 11.7. The summed E-state index contributed by atoms with van der Waals surface area (Å²) in [6.45, 7) is 1.90. The maximum absolute atomic E-state index is 14.1. The first-order chi connectivity index (χ1) is 14.1. The van der Waals surface area contributed by atoms with Gasteiger partial charge in [-0.3, -0.25) is 0 Å². The van der Waals surface area contributed by atoms with Gasteiger partial charge < -0.3 is 10.3 Å². The van der Waals surface area contributed by atoms with Gasteiger partial charge >= 0.3 is 0 Å². The first-order valence-electron chi connectivity index (χ1n) is 9.35. The molecular formula is C21H27Cl3F2N4O2S. The minimum atomic E-state index is -3.52. The van der Waals surface area contributed by atoms with E-state index in [0.717, 1.165) is 21.1 Å². The number of hydrogen-bond donors (Lipinski definition) is 1. The average Bonchev–Trinajstić information content (AvgIpc) is 2.93. The molecule has 0 aliphatic heterocycles. The van der Waals surface area contributed by atoms with E-state index in [1.54, 1.807) is 22.8 Å². The Morgan fingerprint density at radius 3 is 2.27 bits per heavy atom. The van der Waals surface area contributed by atoms with Crippen LogP contribution in [0, 0.1) is 12.9 Å². The molecule has 0 bridgehead atoms. The van der Waals surface area contributed by atoms with Crippen molar-refractivity contribution in [3.05, 3.63) is 71.1 Å². The fourth-order valence-electron chi connectivity index (χ4n) is 3.34. The van der Waals surface area contributed by atoms with E-state index in [4.69, 9.17) is 5.73 Å². The molecule has 0 saturated heterocycles. The summed E-state index contributed by atoms with van der Waals surface area (Å²) in [5, 5.41) is 0. The van der Waals surface area contributed by atoms with Gasteiger partial charge in [0.05, 0.1) is 22.5 Å². The summed E-state index contributed by atoms with van der Waals surface area (Å²) >= 11 is 0. The lowest BCUT2D eigenvalue weighted by Gasteiger charge is -2.12. The zero-order valence-electron chi connectivity index (χ0n) is 18.3. The molecule has 2 aromatic heterocycles. The molecule has 2 heterocycles. The molecule has 0 aliphatic carbocycles. The number of allylic oxidation sites excluding steroid dienone is 1. The lowest BCUT2D eigenvalue weighted by Crippen LogP contribution is -2.22. The fourth-order valence-corrected chi connectivity index (χ4v) is 4.24. The fraction of sp³-hybridized carbons (Fsp3) is 0.286. The second-order valence-corrected chi connectivity index (χ2v) is 9.30. The zero-order valence-corrected chi connectivity index (χ0v) is 21.6. The lowest BCUT2D eigenvalue weighted by molar-refractivity contribution is 0.520. The molecule has 0 spiro atoms. The number of sulfonamides is 1. The summed E-state index contributed by atoms with van der Waals surface area (Å²) in [4.78, 5) is 4.22. The van der Waals surface area contributed by atoms with E-state index in [2.05, 4.69) is 4.98 Å². The maximum Gasteiger partial charge on any atom is 0.242 e. The molecule has 0 aliphatic rings.